The molecule has 0 bridgehead atoms. The molecule has 8 nitrogen and oxygen atoms in total. The smallest absolute Gasteiger partial charge is 0.269 e. The van der Waals surface area contributed by atoms with Crippen LogP contribution in [0.25, 0.3) is 0 Å². The van der Waals surface area contributed by atoms with Crippen LogP contribution in [0.5, 0.6) is 11.5 Å². The van der Waals surface area contributed by atoms with Crippen molar-refractivity contribution in [2.45, 2.75) is 25.6 Å². The molecular formula is C18H23N5O3. The Morgan fingerprint density at radius 1 is 1.38 bits per heavy atom. The molecule has 2 aliphatic rings. The number of likely N-dealkylation sites (tertiary alicyclic amines) is 1. The molecule has 1 atom stereocenters. The number of nitrogens with zero attached hydrogens (tertiary/aromatic N) is 3. The number of para-hydroxylation sites is 1. The van der Waals surface area contributed by atoms with Gasteiger partial charge in [-0.2, -0.15) is 5.10 Å². The maximum atomic E-state index is 11.5. The van der Waals surface area contributed by atoms with Crippen LogP contribution < -0.4 is 20.5 Å². The van der Waals surface area contributed by atoms with Gasteiger partial charge in [0.2, 0.25) is 6.79 Å². The predicted molar refractivity (Wildman–Crippen MR) is 94.8 cm³/mol. The van der Waals surface area contributed by atoms with E-state index in [-0.39, 0.29) is 6.79 Å². The molecule has 0 spiro atoms. The van der Waals surface area contributed by atoms with Crippen LogP contribution in [0, 0.1) is 0 Å². The van der Waals surface area contributed by atoms with Crippen LogP contribution in [0.4, 0.5) is 0 Å². The second-order valence-corrected chi connectivity index (χ2v) is 6.79. The minimum absolute atomic E-state index is 0.289. The highest BCUT2D eigenvalue weighted by molar-refractivity contribution is 5.92. The summed E-state index contributed by atoms with van der Waals surface area (Å²) in [5.41, 5.74) is 7.77. The lowest BCUT2D eigenvalue weighted by atomic mass is 10.1. The zero-order valence-electron chi connectivity index (χ0n) is 14.8. The Hall–Kier alpha value is -2.58. The largest absolute Gasteiger partial charge is 0.454 e. The van der Waals surface area contributed by atoms with E-state index in [9.17, 15) is 4.79 Å². The van der Waals surface area contributed by atoms with Gasteiger partial charge in [0, 0.05) is 56.6 Å². The van der Waals surface area contributed by atoms with E-state index >= 15 is 0 Å². The fourth-order valence-electron chi connectivity index (χ4n) is 3.63. The number of carbonyl (C=O) groups is 1. The number of hydrogen-bond donors (Lipinski definition) is 2. The molecule has 4 rings (SSSR count). The van der Waals surface area contributed by atoms with Gasteiger partial charge in [-0.1, -0.05) is 12.1 Å². The normalized spacial score (nSPS) is 19.2. The van der Waals surface area contributed by atoms with Crippen molar-refractivity contribution in [3.05, 3.63) is 41.2 Å². The third-order valence-corrected chi connectivity index (χ3v) is 4.86. The molecule has 0 radical (unpaired) electrons. The predicted octanol–water partition coefficient (Wildman–Crippen LogP) is 0.612. The molecule has 1 unspecified atom stereocenters. The third-order valence-electron chi connectivity index (χ3n) is 4.86. The number of carbonyl (C=O) groups excluding carboxylic acids is 1. The number of primary amides is 1. The van der Waals surface area contributed by atoms with Crippen molar-refractivity contribution in [2.75, 3.05) is 19.9 Å². The van der Waals surface area contributed by atoms with Crippen LogP contribution in [0.3, 0.4) is 0 Å². The van der Waals surface area contributed by atoms with Gasteiger partial charge in [-0.3, -0.25) is 14.4 Å². The maximum absolute atomic E-state index is 11.5. The molecule has 8 heteroatoms. The Bertz CT molecular complexity index is 819. The Labute approximate surface area is 151 Å². The van der Waals surface area contributed by atoms with Gasteiger partial charge in [0.15, 0.2) is 17.2 Å². The number of fused-ring (bicyclic) bond motifs is 1. The number of nitrogens with one attached hydrogen (secondary N) is 1. The number of aromatic nitrogens is 2. The van der Waals surface area contributed by atoms with Gasteiger partial charge in [0.1, 0.15) is 0 Å². The van der Waals surface area contributed by atoms with Gasteiger partial charge in [0.25, 0.3) is 5.91 Å². The Morgan fingerprint density at radius 2 is 2.27 bits per heavy atom. The SMILES string of the molecule is Cn1cc(CN2CCC(NCc3cccc4c3OCO4)C2)c(C(N)=O)n1. The van der Waals surface area contributed by atoms with Crippen LogP contribution in [0.15, 0.2) is 24.4 Å². The first-order valence-corrected chi connectivity index (χ1v) is 8.75. The highest BCUT2D eigenvalue weighted by Gasteiger charge is 2.25. The van der Waals surface area contributed by atoms with Crippen LogP contribution in [0.1, 0.15) is 28.0 Å². The van der Waals surface area contributed by atoms with Crippen molar-refractivity contribution in [1.82, 2.24) is 20.0 Å². The molecule has 1 saturated heterocycles. The lowest BCUT2D eigenvalue weighted by Gasteiger charge is -2.17. The monoisotopic (exact) mass is 357 g/mol. The highest BCUT2D eigenvalue weighted by Crippen LogP contribution is 2.35. The quantitative estimate of drug-likeness (QED) is 0.787. The topological polar surface area (TPSA) is 94.6 Å². The van der Waals surface area contributed by atoms with E-state index in [1.165, 1.54) is 0 Å². The summed E-state index contributed by atoms with van der Waals surface area (Å²) in [6.07, 6.45) is 2.92. The van der Waals surface area contributed by atoms with Crippen molar-refractivity contribution < 1.29 is 14.3 Å². The van der Waals surface area contributed by atoms with E-state index in [1.54, 1.807) is 11.7 Å². The maximum Gasteiger partial charge on any atom is 0.269 e. The Kier molecular flexibility index (Phi) is 4.52. The first-order valence-electron chi connectivity index (χ1n) is 8.75. The molecule has 1 aromatic carbocycles. The van der Waals surface area contributed by atoms with E-state index in [4.69, 9.17) is 15.2 Å². The first kappa shape index (κ1) is 16.9. The lowest BCUT2D eigenvalue weighted by molar-refractivity contribution is 0.0993. The van der Waals surface area contributed by atoms with Crippen molar-refractivity contribution in [3.8, 4) is 11.5 Å². The fraction of sp³-hybridized carbons (Fsp3) is 0.444. The Morgan fingerprint density at radius 3 is 3.12 bits per heavy atom. The molecular weight excluding hydrogens is 334 g/mol. The summed E-state index contributed by atoms with van der Waals surface area (Å²) in [5.74, 6) is 1.18. The third kappa shape index (κ3) is 3.38. The van der Waals surface area contributed by atoms with Crippen LogP contribution in [0.2, 0.25) is 0 Å². The number of rotatable bonds is 6. The van der Waals surface area contributed by atoms with Gasteiger partial charge in [-0.05, 0) is 12.5 Å². The van der Waals surface area contributed by atoms with Crippen molar-refractivity contribution in [1.29, 1.82) is 0 Å². The second-order valence-electron chi connectivity index (χ2n) is 6.79. The van der Waals surface area contributed by atoms with Crippen LogP contribution in [-0.2, 0) is 20.1 Å². The molecule has 0 saturated carbocycles. The molecule has 26 heavy (non-hydrogen) atoms. The first-order chi connectivity index (χ1) is 12.6. The zero-order chi connectivity index (χ0) is 18.1. The summed E-state index contributed by atoms with van der Waals surface area (Å²) in [6, 6.07) is 6.36. The standard InChI is InChI=1S/C18H23N5O3/c1-22-8-13(16(21-22)18(19)24)9-23-6-5-14(10-23)20-7-12-3-2-4-15-17(12)26-11-25-15/h2-4,8,14,20H,5-7,9-11H2,1H3,(H2,19,24). The molecule has 1 amide bonds. The number of nitrogens with two attached hydrogens (primary N) is 1. The lowest BCUT2D eigenvalue weighted by Crippen LogP contribution is -2.32. The number of amides is 1. The average molecular weight is 357 g/mol. The molecule has 0 aliphatic carbocycles. The number of aryl methyl sites for hydroxylation is 1. The summed E-state index contributed by atoms with van der Waals surface area (Å²) in [4.78, 5) is 13.8. The summed E-state index contributed by atoms with van der Waals surface area (Å²) < 4.78 is 12.6. The fourth-order valence-corrected chi connectivity index (χ4v) is 3.63. The minimum Gasteiger partial charge on any atom is -0.454 e. The summed E-state index contributed by atoms with van der Waals surface area (Å²) in [6.45, 7) is 3.60. The van der Waals surface area contributed by atoms with E-state index in [0.717, 1.165) is 48.7 Å². The van der Waals surface area contributed by atoms with Gasteiger partial charge in [-0.15, -0.1) is 0 Å². The van der Waals surface area contributed by atoms with E-state index < -0.39 is 5.91 Å². The zero-order valence-corrected chi connectivity index (χ0v) is 14.8. The van der Waals surface area contributed by atoms with Gasteiger partial charge in [0.05, 0.1) is 0 Å². The van der Waals surface area contributed by atoms with Crippen LogP contribution >= 0.6 is 0 Å². The van der Waals surface area contributed by atoms with Crippen molar-refractivity contribution >= 4 is 5.91 Å². The Balaban J connectivity index is 1.33. The average Bonchev–Trinajstić information content (AvgIpc) is 3.33. The molecule has 2 aromatic rings. The van der Waals surface area contributed by atoms with E-state index in [2.05, 4.69) is 21.4 Å². The van der Waals surface area contributed by atoms with Gasteiger partial charge in [-0.25, -0.2) is 0 Å². The second kappa shape index (κ2) is 6.97. The number of benzene rings is 1. The van der Waals surface area contributed by atoms with E-state index in [0.29, 0.717) is 18.3 Å². The van der Waals surface area contributed by atoms with Gasteiger partial charge < -0.3 is 20.5 Å². The molecule has 1 aromatic heterocycles. The molecule has 1 fully saturated rings. The summed E-state index contributed by atoms with van der Waals surface area (Å²) in [7, 11) is 1.80. The summed E-state index contributed by atoms with van der Waals surface area (Å²) in [5, 5.41) is 7.75. The number of ether oxygens (including phenoxy) is 2. The minimum atomic E-state index is -0.477. The van der Waals surface area contributed by atoms with Crippen molar-refractivity contribution in [2.24, 2.45) is 12.8 Å². The molecule has 3 heterocycles. The molecule has 2 aliphatic heterocycles. The highest BCUT2D eigenvalue weighted by atomic mass is 16.7. The number of hydrogen-bond acceptors (Lipinski definition) is 6. The summed E-state index contributed by atoms with van der Waals surface area (Å²) >= 11 is 0. The van der Waals surface area contributed by atoms with Crippen LogP contribution in [-0.4, -0.2) is 46.5 Å². The molecule has 3 N–H and O–H groups in total. The molecule has 138 valence electrons. The van der Waals surface area contributed by atoms with E-state index in [1.807, 2.05) is 18.3 Å². The van der Waals surface area contributed by atoms with Crippen molar-refractivity contribution in [3.63, 3.8) is 0 Å². The van der Waals surface area contributed by atoms with Gasteiger partial charge >= 0.3 is 0 Å².